The van der Waals surface area contributed by atoms with E-state index >= 15 is 28.8 Å². The van der Waals surface area contributed by atoms with Crippen molar-refractivity contribution in [2.75, 3.05) is 38.2 Å². The van der Waals surface area contributed by atoms with E-state index < -0.39 is 119 Å². The van der Waals surface area contributed by atoms with Gasteiger partial charge in [0.15, 0.2) is 11.7 Å². The SMILES string of the molecule is C[C@@H](O)[C@@H]1NC(=O)[C@H](CCCCN)NC(=O)[C@@H](Cc2c[nH]c3ccccc23)NC(=O)[C@H](Cc2ccccc2)NC(=O)[C@H](Cc2ccccc2)NC(=O)[C@H](CCCNC(=N)N)NC(=O)[C@H](NC(=O)[C@@H](Cc2ccc(O)cc2)NC(=O)CSC[C@@H]2C[C@@H]3c4cccc5[nH]cc(c45)C[C@H]3N(C)C2)CCCCCC(=O)[C@H](Cc2ccccc2)NC1=O. The number of nitrogens with zero attached hydrogens (tertiary/aromatic N) is 1. The normalized spacial score (nSPS) is 23.0. The molecule has 2 aliphatic heterocycles. The fourth-order valence-electron chi connectivity index (χ4n) is 16.1. The van der Waals surface area contributed by atoms with Crippen LogP contribution in [0.2, 0.25) is 0 Å². The number of likely N-dealkylation sites (N-methyl/N-ethyl adjacent to an activating group) is 1. The van der Waals surface area contributed by atoms with Crippen LogP contribution in [0.1, 0.15) is 122 Å². The van der Waals surface area contributed by atoms with Gasteiger partial charge in [-0.25, -0.2) is 0 Å². The molecule has 620 valence electrons. The number of fused-ring (bicyclic) bond motifs is 3. The number of aromatic nitrogens is 2. The Hall–Kier alpha value is -11.4. The molecule has 0 radical (unpaired) electrons. The van der Waals surface area contributed by atoms with E-state index in [9.17, 15) is 29.4 Å². The molecule has 8 aromatic rings. The van der Waals surface area contributed by atoms with Crippen LogP contribution in [-0.4, -0.2) is 195 Å². The highest BCUT2D eigenvalue weighted by Gasteiger charge is 2.41. The number of guanidine groups is 1. The van der Waals surface area contributed by atoms with Crippen molar-refractivity contribution >= 4 is 98.5 Å². The number of aromatic amines is 2. The van der Waals surface area contributed by atoms with Crippen molar-refractivity contribution in [3.05, 3.63) is 209 Å². The van der Waals surface area contributed by atoms with E-state index in [0.29, 0.717) is 58.4 Å². The summed E-state index contributed by atoms with van der Waals surface area (Å²) in [6.07, 6.45) is 4.84. The molecule has 3 aliphatic rings. The predicted octanol–water partition coefficient (Wildman–Crippen LogP) is 4.93. The summed E-state index contributed by atoms with van der Waals surface area (Å²) in [4.78, 5) is 160. The quantitative estimate of drug-likeness (QED) is 0.0194. The number of hydrogen-bond acceptors (Lipinski definition) is 16. The molecule has 2 fully saturated rings. The summed E-state index contributed by atoms with van der Waals surface area (Å²) in [6.45, 7) is 2.44. The number of likely N-dealkylation sites (tertiary alicyclic amines) is 1. The number of piperidine rings is 1. The standard InChI is InChI=1S/C88H110N16O12S/c1-53(105)79-87(116)99-70(42-54-21-7-3-8-22-54)76(107)34-14-6-13-30-67(97-83(112)71(45-57-35-37-61(106)38-36-57)95-77(108)52-117-51-58-41-64-63-28-19-32-66-78(63)60(49-94-66)47-75(64)104(2)50-58)80(109)96-69(33-20-40-92-88(90)91)81(110)100-72(43-55-23-9-4-10-24-55)84(113)101-73(44-56-25-11-5-12-26-56)85(114)102-74(46-59-48-93-65-29-16-15-27-62(59)65)86(115)98-68(82(111)103-79)31-17-18-39-89/h3-5,7-12,15-16,19,21-29,32,35-38,48-49,53,58,64,67-75,79,93-94,105-106H,6,13-14,17-18,20,30-31,33-34,39-47,50-52,89H2,1-2H3,(H,95,108)(H,96,109)(H,97,112)(H,98,115)(H,99,116)(H,100,110)(H,101,113)(H,102,114)(H,103,111)(H4,90,91,92)/t53-,58-,64-,67-,68+,69+,70+,71-,72+,73+,74-,75-,79+/m1/s1. The van der Waals surface area contributed by atoms with Crippen LogP contribution < -0.4 is 64.6 Å². The van der Waals surface area contributed by atoms with Crippen LogP contribution in [0, 0.1) is 11.3 Å². The zero-order chi connectivity index (χ0) is 82.9. The molecule has 0 spiro atoms. The summed E-state index contributed by atoms with van der Waals surface area (Å²) in [6, 6.07) is 33.9. The first-order chi connectivity index (χ1) is 56.5. The number of ketones is 1. The highest BCUT2D eigenvalue weighted by atomic mass is 32.2. The van der Waals surface area contributed by atoms with Crippen molar-refractivity contribution in [1.29, 1.82) is 5.41 Å². The van der Waals surface area contributed by atoms with Gasteiger partial charge in [-0.15, -0.1) is 0 Å². The molecule has 4 heterocycles. The minimum absolute atomic E-state index is 0.00293. The zero-order valence-electron chi connectivity index (χ0n) is 66.2. The highest BCUT2D eigenvalue weighted by Crippen LogP contribution is 2.45. The van der Waals surface area contributed by atoms with Crippen molar-refractivity contribution in [1.82, 2.24) is 68.0 Å². The number of para-hydroxylation sites is 1. The van der Waals surface area contributed by atoms with Crippen LogP contribution in [0.4, 0.5) is 0 Å². The Bertz CT molecular complexity index is 4720. The number of Topliss-reactive ketones (excluding diaryl/α,β-unsaturated/α-hetero) is 1. The Morgan fingerprint density at radius 1 is 0.598 bits per heavy atom. The average Bonchev–Trinajstić information content (AvgIpc) is 1.67. The number of hydrogen-bond donors (Lipinski definition) is 17. The second-order valence-electron chi connectivity index (χ2n) is 31.1. The number of aromatic hydroxyl groups is 1. The molecule has 0 unspecified atom stereocenters. The number of thioether (sulfide) groups is 1. The maximum absolute atomic E-state index is 15.5. The van der Waals surface area contributed by atoms with E-state index in [-0.39, 0.29) is 120 Å². The molecule has 28 nitrogen and oxygen atoms in total. The molecule has 0 bridgehead atoms. The number of carbonyl (C=O) groups is 10. The lowest BCUT2D eigenvalue weighted by Crippen LogP contribution is -2.62. The number of phenolic OH excluding ortho intramolecular Hbond substituents is 1. The number of phenols is 1. The maximum Gasteiger partial charge on any atom is 0.245 e. The number of amides is 9. The fourth-order valence-corrected chi connectivity index (χ4v) is 17.1. The van der Waals surface area contributed by atoms with Gasteiger partial charge in [0.05, 0.1) is 17.9 Å². The first-order valence-electron chi connectivity index (χ1n) is 40.6. The van der Waals surface area contributed by atoms with E-state index in [4.69, 9.17) is 16.9 Å². The lowest BCUT2D eigenvalue weighted by Gasteiger charge is -2.45. The zero-order valence-corrected chi connectivity index (χ0v) is 67.0. The van der Waals surface area contributed by atoms with Gasteiger partial charge >= 0.3 is 0 Å². The van der Waals surface area contributed by atoms with Gasteiger partial charge in [0.25, 0.3) is 0 Å². The van der Waals surface area contributed by atoms with Gasteiger partial charge in [0.2, 0.25) is 53.2 Å². The lowest BCUT2D eigenvalue weighted by molar-refractivity contribution is -0.136. The molecule has 29 heteroatoms. The second-order valence-corrected chi connectivity index (χ2v) is 32.2. The first kappa shape index (κ1) is 86.5. The first-order valence-corrected chi connectivity index (χ1v) is 41.7. The molecule has 0 saturated carbocycles. The van der Waals surface area contributed by atoms with Crippen molar-refractivity contribution in [3.63, 3.8) is 0 Å². The van der Waals surface area contributed by atoms with Crippen molar-refractivity contribution in [2.45, 2.75) is 189 Å². The molecule has 19 N–H and O–H groups in total. The van der Waals surface area contributed by atoms with Gasteiger partial charge in [0.1, 0.15) is 54.1 Å². The van der Waals surface area contributed by atoms with Gasteiger partial charge in [-0.3, -0.25) is 53.4 Å². The third-order valence-corrected chi connectivity index (χ3v) is 23.5. The highest BCUT2D eigenvalue weighted by molar-refractivity contribution is 7.99. The summed E-state index contributed by atoms with van der Waals surface area (Å²) in [5, 5.41) is 60.1. The molecular weight excluding hydrogens is 1510 g/mol. The minimum atomic E-state index is -1.67. The number of nitrogens with one attached hydrogen (secondary N) is 13. The van der Waals surface area contributed by atoms with Gasteiger partial charge < -0.3 is 89.7 Å². The Labute approximate surface area is 685 Å². The van der Waals surface area contributed by atoms with Crippen molar-refractivity contribution < 1.29 is 58.2 Å². The summed E-state index contributed by atoms with van der Waals surface area (Å²) >= 11 is 1.47. The topological polar surface area (TPSA) is 442 Å². The van der Waals surface area contributed by atoms with Crippen LogP contribution in [0.25, 0.3) is 21.8 Å². The van der Waals surface area contributed by atoms with E-state index in [1.807, 2.05) is 24.3 Å². The smallest absolute Gasteiger partial charge is 0.245 e. The van der Waals surface area contributed by atoms with Gasteiger partial charge in [-0.1, -0.05) is 146 Å². The summed E-state index contributed by atoms with van der Waals surface area (Å²) in [7, 11) is 2.16. The molecule has 2 saturated heterocycles. The van der Waals surface area contributed by atoms with Crippen LogP contribution in [-0.2, 0) is 86.5 Å². The maximum atomic E-state index is 15.5. The van der Waals surface area contributed by atoms with E-state index in [0.717, 1.165) is 35.8 Å². The fraction of sp³-hybridized carbons (Fsp3) is 0.420. The van der Waals surface area contributed by atoms with Gasteiger partial charge in [-0.2, -0.15) is 11.8 Å². The van der Waals surface area contributed by atoms with Gasteiger partial charge in [0, 0.05) is 91.4 Å². The summed E-state index contributed by atoms with van der Waals surface area (Å²) < 4.78 is 0. The molecule has 6 aromatic carbocycles. The molecule has 117 heavy (non-hydrogen) atoms. The molecular formula is C88H110N16O12S. The molecule has 11 rings (SSSR count). The van der Waals surface area contributed by atoms with Gasteiger partial charge in [-0.05, 0) is 160 Å². The average molecular weight is 1620 g/mol. The van der Waals surface area contributed by atoms with E-state index in [1.54, 1.807) is 109 Å². The van der Waals surface area contributed by atoms with Crippen LogP contribution in [0.15, 0.2) is 170 Å². The van der Waals surface area contributed by atoms with E-state index in [2.05, 4.69) is 99.5 Å². The number of nitrogens with two attached hydrogens (primary N) is 2. The number of carbonyl (C=O) groups excluding carboxylic acids is 10. The number of aliphatic hydroxyl groups is 1. The van der Waals surface area contributed by atoms with Crippen molar-refractivity contribution in [3.8, 4) is 5.75 Å². The lowest BCUT2D eigenvalue weighted by atomic mass is 9.73. The Balaban J connectivity index is 0.913. The monoisotopic (exact) mass is 1610 g/mol. The number of H-pyrrole nitrogens is 2. The third-order valence-electron chi connectivity index (χ3n) is 22.3. The molecule has 9 amide bonds. The third kappa shape index (κ3) is 24.6. The van der Waals surface area contributed by atoms with Crippen LogP contribution in [0.5, 0.6) is 5.75 Å². The Morgan fingerprint density at radius 3 is 1.79 bits per heavy atom. The minimum Gasteiger partial charge on any atom is -0.508 e. The molecule has 2 aromatic heterocycles. The molecule has 1 aliphatic carbocycles. The van der Waals surface area contributed by atoms with Crippen LogP contribution in [0.3, 0.4) is 0 Å². The second kappa shape index (κ2) is 42.5. The Morgan fingerprint density at radius 2 is 1.15 bits per heavy atom. The number of benzene rings is 6. The summed E-state index contributed by atoms with van der Waals surface area (Å²) in [5.74, 6) is -6.71. The van der Waals surface area contributed by atoms with Crippen LogP contribution >= 0.6 is 11.8 Å². The summed E-state index contributed by atoms with van der Waals surface area (Å²) in [5.41, 5.74) is 19.2. The predicted molar refractivity (Wildman–Crippen MR) is 450 cm³/mol. The van der Waals surface area contributed by atoms with Crippen molar-refractivity contribution in [2.24, 2.45) is 17.4 Å². The Kier molecular flexibility index (Phi) is 31.4. The number of unbranched alkanes of at least 4 members (excludes halogenated alkanes) is 1. The largest absolute Gasteiger partial charge is 0.508 e. The number of aliphatic hydroxyl groups excluding tert-OH is 1. The van der Waals surface area contributed by atoms with E-state index in [1.165, 1.54) is 47.3 Å². The number of rotatable bonds is 26. The molecule has 13 atom stereocenters.